The van der Waals surface area contributed by atoms with E-state index in [-0.39, 0.29) is 23.7 Å². The van der Waals surface area contributed by atoms with E-state index in [9.17, 15) is 14.0 Å². The van der Waals surface area contributed by atoms with Gasteiger partial charge in [-0.15, -0.1) is 0 Å². The van der Waals surface area contributed by atoms with Gasteiger partial charge >= 0.3 is 6.03 Å². The van der Waals surface area contributed by atoms with Crippen LogP contribution in [0.25, 0.3) is 0 Å². The van der Waals surface area contributed by atoms with Gasteiger partial charge in [-0.1, -0.05) is 24.3 Å². The molecule has 1 fully saturated rings. The van der Waals surface area contributed by atoms with E-state index in [1.807, 2.05) is 12.1 Å². The van der Waals surface area contributed by atoms with Gasteiger partial charge in [0.1, 0.15) is 5.82 Å². The third-order valence-corrected chi connectivity index (χ3v) is 4.05. The zero-order valence-electron chi connectivity index (χ0n) is 14.1. The molecule has 3 rings (SSSR count). The van der Waals surface area contributed by atoms with Crippen LogP contribution in [-0.2, 0) is 22.6 Å². The molecular weight excluding hydrogens is 337 g/mol. The minimum atomic E-state index is -0.347. The molecule has 0 saturated carbocycles. The standard InChI is InChI=1S/C19H20FN3O3/c20-16-5-1-13(2-6-16)10-22-19(25)23-17-7-3-14(4-8-17)9-21-18(24)15-11-26-12-15/h1-8,15H,9-12H2,(H,21,24)(H2,22,23,25). The smallest absolute Gasteiger partial charge is 0.319 e. The summed E-state index contributed by atoms with van der Waals surface area (Å²) >= 11 is 0. The third-order valence-electron chi connectivity index (χ3n) is 4.05. The molecule has 1 saturated heterocycles. The lowest BCUT2D eigenvalue weighted by Crippen LogP contribution is -2.41. The van der Waals surface area contributed by atoms with Crippen LogP contribution in [0.3, 0.4) is 0 Å². The van der Waals surface area contributed by atoms with E-state index in [2.05, 4.69) is 16.0 Å². The summed E-state index contributed by atoms with van der Waals surface area (Å²) in [5.41, 5.74) is 2.39. The number of nitrogens with one attached hydrogen (secondary N) is 3. The van der Waals surface area contributed by atoms with Crippen molar-refractivity contribution >= 4 is 17.6 Å². The summed E-state index contributed by atoms with van der Waals surface area (Å²) < 4.78 is 17.8. The molecule has 0 aliphatic carbocycles. The van der Waals surface area contributed by atoms with E-state index in [1.54, 1.807) is 24.3 Å². The second kappa shape index (κ2) is 8.44. The van der Waals surface area contributed by atoms with Crippen LogP contribution in [0.4, 0.5) is 14.9 Å². The lowest BCUT2D eigenvalue weighted by atomic mass is 10.1. The maximum atomic E-state index is 12.8. The molecule has 3 amide bonds. The molecule has 7 heteroatoms. The Balaban J connectivity index is 1.42. The zero-order chi connectivity index (χ0) is 18.4. The number of amides is 3. The van der Waals surface area contributed by atoms with Crippen LogP contribution in [0.15, 0.2) is 48.5 Å². The third kappa shape index (κ3) is 5.03. The van der Waals surface area contributed by atoms with Gasteiger partial charge in [-0.25, -0.2) is 9.18 Å². The van der Waals surface area contributed by atoms with E-state index in [4.69, 9.17) is 4.74 Å². The summed E-state index contributed by atoms with van der Waals surface area (Å²) in [5, 5.41) is 8.29. The number of hydrogen-bond acceptors (Lipinski definition) is 3. The lowest BCUT2D eigenvalue weighted by molar-refractivity contribution is -0.139. The number of carbonyl (C=O) groups is 2. The van der Waals surface area contributed by atoms with Crippen molar-refractivity contribution in [3.8, 4) is 0 Å². The molecule has 2 aromatic carbocycles. The summed E-state index contributed by atoms with van der Waals surface area (Å²) in [6.07, 6.45) is 0. The second-order valence-corrected chi connectivity index (χ2v) is 6.08. The van der Waals surface area contributed by atoms with Crippen LogP contribution in [0.2, 0.25) is 0 Å². The average Bonchev–Trinajstić information content (AvgIpc) is 2.59. The highest BCUT2D eigenvalue weighted by molar-refractivity contribution is 5.89. The first kappa shape index (κ1) is 17.9. The first-order valence-electron chi connectivity index (χ1n) is 8.34. The maximum absolute atomic E-state index is 12.8. The summed E-state index contributed by atoms with van der Waals surface area (Å²) in [6, 6.07) is 12.8. The van der Waals surface area contributed by atoms with Crippen molar-refractivity contribution in [1.82, 2.24) is 10.6 Å². The predicted molar refractivity (Wildman–Crippen MR) is 94.9 cm³/mol. The van der Waals surface area contributed by atoms with E-state index < -0.39 is 0 Å². The molecule has 1 aliphatic rings. The average molecular weight is 357 g/mol. The summed E-state index contributed by atoms with van der Waals surface area (Å²) in [6.45, 7) is 1.72. The van der Waals surface area contributed by atoms with Gasteiger partial charge < -0.3 is 20.7 Å². The SMILES string of the molecule is O=C(NCc1ccc(F)cc1)Nc1ccc(CNC(=O)C2COC2)cc1. The van der Waals surface area contributed by atoms with Crippen molar-refractivity contribution in [1.29, 1.82) is 0 Å². The molecule has 3 N–H and O–H groups in total. The molecule has 136 valence electrons. The van der Waals surface area contributed by atoms with E-state index in [1.165, 1.54) is 12.1 Å². The Bertz CT molecular complexity index is 759. The number of urea groups is 1. The second-order valence-electron chi connectivity index (χ2n) is 6.08. The molecule has 26 heavy (non-hydrogen) atoms. The first-order chi connectivity index (χ1) is 12.6. The Morgan fingerprint density at radius 3 is 2.08 bits per heavy atom. The maximum Gasteiger partial charge on any atom is 0.319 e. The monoisotopic (exact) mass is 357 g/mol. The number of rotatable bonds is 6. The number of halogens is 1. The van der Waals surface area contributed by atoms with Gasteiger partial charge in [0.25, 0.3) is 0 Å². The molecule has 0 spiro atoms. The Morgan fingerprint density at radius 1 is 0.923 bits per heavy atom. The predicted octanol–water partition coefficient (Wildman–Crippen LogP) is 2.41. The normalized spacial score (nSPS) is 13.6. The fourth-order valence-electron chi connectivity index (χ4n) is 2.39. The molecule has 1 aliphatic heterocycles. The molecule has 0 bridgehead atoms. The quantitative estimate of drug-likeness (QED) is 0.743. The van der Waals surface area contributed by atoms with Crippen LogP contribution in [0.1, 0.15) is 11.1 Å². The van der Waals surface area contributed by atoms with Crippen molar-refractivity contribution in [2.45, 2.75) is 13.1 Å². The fraction of sp³-hybridized carbons (Fsp3) is 0.263. The number of ether oxygens (including phenoxy) is 1. The summed E-state index contributed by atoms with van der Waals surface area (Å²) in [5.74, 6) is -0.352. The van der Waals surface area contributed by atoms with Crippen LogP contribution < -0.4 is 16.0 Å². The molecule has 2 aromatic rings. The first-order valence-corrected chi connectivity index (χ1v) is 8.34. The minimum Gasteiger partial charge on any atom is -0.380 e. The number of hydrogen-bond donors (Lipinski definition) is 3. The summed E-state index contributed by atoms with van der Waals surface area (Å²) in [7, 11) is 0. The highest BCUT2D eigenvalue weighted by atomic mass is 19.1. The van der Waals surface area contributed by atoms with Gasteiger partial charge in [0, 0.05) is 18.8 Å². The lowest BCUT2D eigenvalue weighted by Gasteiger charge is -2.24. The van der Waals surface area contributed by atoms with Gasteiger partial charge in [-0.2, -0.15) is 0 Å². The van der Waals surface area contributed by atoms with Crippen LogP contribution >= 0.6 is 0 Å². The largest absolute Gasteiger partial charge is 0.380 e. The minimum absolute atomic E-state index is 0.00128. The van der Waals surface area contributed by atoms with E-state index in [0.717, 1.165) is 11.1 Å². The summed E-state index contributed by atoms with van der Waals surface area (Å²) in [4.78, 5) is 23.6. The van der Waals surface area contributed by atoms with Crippen molar-refractivity contribution in [2.24, 2.45) is 5.92 Å². The number of benzene rings is 2. The Hall–Kier alpha value is -2.93. The molecular formula is C19H20FN3O3. The molecule has 0 radical (unpaired) electrons. The Labute approximate surface area is 150 Å². The topological polar surface area (TPSA) is 79.5 Å². The molecule has 0 aromatic heterocycles. The Morgan fingerprint density at radius 2 is 1.50 bits per heavy atom. The zero-order valence-corrected chi connectivity index (χ0v) is 14.1. The molecule has 0 atom stereocenters. The van der Waals surface area contributed by atoms with Gasteiger partial charge in [-0.3, -0.25) is 4.79 Å². The Kier molecular flexibility index (Phi) is 5.80. The number of carbonyl (C=O) groups excluding carboxylic acids is 2. The van der Waals surface area contributed by atoms with E-state index >= 15 is 0 Å². The highest BCUT2D eigenvalue weighted by Crippen LogP contribution is 2.12. The van der Waals surface area contributed by atoms with Gasteiger partial charge in [0.2, 0.25) is 5.91 Å². The molecule has 6 nitrogen and oxygen atoms in total. The van der Waals surface area contributed by atoms with E-state index in [0.29, 0.717) is 32.0 Å². The van der Waals surface area contributed by atoms with Crippen LogP contribution in [0, 0.1) is 11.7 Å². The van der Waals surface area contributed by atoms with Gasteiger partial charge in [0.15, 0.2) is 0 Å². The van der Waals surface area contributed by atoms with Crippen molar-refractivity contribution in [3.63, 3.8) is 0 Å². The van der Waals surface area contributed by atoms with Crippen LogP contribution in [0.5, 0.6) is 0 Å². The van der Waals surface area contributed by atoms with Gasteiger partial charge in [0.05, 0.1) is 19.1 Å². The van der Waals surface area contributed by atoms with Crippen molar-refractivity contribution < 1.29 is 18.7 Å². The van der Waals surface area contributed by atoms with Crippen LogP contribution in [-0.4, -0.2) is 25.2 Å². The molecule has 0 unspecified atom stereocenters. The number of anilines is 1. The van der Waals surface area contributed by atoms with Crippen molar-refractivity contribution in [2.75, 3.05) is 18.5 Å². The van der Waals surface area contributed by atoms with Gasteiger partial charge in [-0.05, 0) is 35.4 Å². The fourth-order valence-corrected chi connectivity index (χ4v) is 2.39. The molecule has 1 heterocycles. The van der Waals surface area contributed by atoms with Crippen molar-refractivity contribution in [3.05, 3.63) is 65.5 Å². The highest BCUT2D eigenvalue weighted by Gasteiger charge is 2.25.